The lowest BCUT2D eigenvalue weighted by Gasteiger charge is -2.08. The second-order valence-corrected chi connectivity index (χ2v) is 3.98. The van der Waals surface area contributed by atoms with E-state index in [4.69, 9.17) is 0 Å². The highest BCUT2D eigenvalue weighted by Gasteiger charge is 2.03. The minimum Gasteiger partial charge on any atom is -0.324 e. The summed E-state index contributed by atoms with van der Waals surface area (Å²) in [5, 5.41) is 3.09. The molecule has 0 atom stereocenters. The van der Waals surface area contributed by atoms with Gasteiger partial charge in [0, 0.05) is 11.9 Å². The van der Waals surface area contributed by atoms with E-state index in [0.29, 0.717) is 11.7 Å². The predicted molar refractivity (Wildman–Crippen MR) is 104 cm³/mol. The van der Waals surface area contributed by atoms with Crippen molar-refractivity contribution in [1.82, 2.24) is 5.32 Å². The molecule has 0 aliphatic carbocycles. The second-order valence-electron chi connectivity index (χ2n) is 3.98. The SMILES string of the molecule is C=C/C=C\C(=C/C=C)NC(=N/C=C)/N=C(C=C)/C(C=C)=C/C=C. The minimum atomic E-state index is 0.355. The smallest absolute Gasteiger partial charge is 0.227 e. The summed E-state index contributed by atoms with van der Waals surface area (Å²) in [4.78, 5) is 8.58. The fourth-order valence-corrected chi connectivity index (χ4v) is 1.47. The van der Waals surface area contributed by atoms with Crippen LogP contribution in [0.4, 0.5) is 0 Å². The molecule has 3 heteroatoms. The Balaban J connectivity index is 5.75. The summed E-state index contributed by atoms with van der Waals surface area (Å²) in [6, 6.07) is 0. The first-order chi connectivity index (χ1) is 11.2. The highest BCUT2D eigenvalue weighted by molar-refractivity contribution is 6.14. The molecule has 0 bridgehead atoms. The maximum absolute atomic E-state index is 4.45. The Morgan fingerprint density at radius 2 is 1.52 bits per heavy atom. The summed E-state index contributed by atoms with van der Waals surface area (Å²) in [6.45, 7) is 22.1. The van der Waals surface area contributed by atoms with Crippen molar-refractivity contribution in [1.29, 1.82) is 0 Å². The molecule has 0 saturated carbocycles. The van der Waals surface area contributed by atoms with E-state index in [1.165, 1.54) is 6.20 Å². The molecular weight excluding hydrogens is 282 g/mol. The van der Waals surface area contributed by atoms with E-state index < -0.39 is 0 Å². The maximum Gasteiger partial charge on any atom is 0.227 e. The standard InChI is InChI=1S/C20H23N3/c1-7-13-16-18(15-9-3)22-20(21-12-6)23-19(11-5)17(10-4)14-8-2/h7-16H,1-6H2,(H,21,22)/b16-13-,17-14+,18-15+,23-19+. The van der Waals surface area contributed by atoms with Gasteiger partial charge in [0.1, 0.15) is 0 Å². The first-order valence-electron chi connectivity index (χ1n) is 6.91. The monoisotopic (exact) mass is 305 g/mol. The summed E-state index contributed by atoms with van der Waals surface area (Å²) >= 11 is 0. The van der Waals surface area contributed by atoms with Gasteiger partial charge in [0.15, 0.2) is 0 Å². The average Bonchev–Trinajstić information content (AvgIpc) is 2.55. The van der Waals surface area contributed by atoms with Gasteiger partial charge < -0.3 is 5.32 Å². The normalized spacial score (nSPS) is 13.4. The summed E-state index contributed by atoms with van der Waals surface area (Å²) in [5.41, 5.74) is 2.14. The molecule has 0 heterocycles. The number of rotatable bonds is 9. The van der Waals surface area contributed by atoms with Crippen molar-refractivity contribution >= 4 is 11.7 Å². The molecule has 1 N–H and O–H groups in total. The zero-order valence-corrected chi connectivity index (χ0v) is 13.4. The van der Waals surface area contributed by atoms with Gasteiger partial charge in [-0.2, -0.15) is 0 Å². The fraction of sp³-hybridized carbons (Fsp3) is 0. The van der Waals surface area contributed by atoms with Crippen LogP contribution < -0.4 is 5.32 Å². The van der Waals surface area contributed by atoms with Gasteiger partial charge in [-0.05, 0) is 23.8 Å². The van der Waals surface area contributed by atoms with Crippen LogP contribution in [0.5, 0.6) is 0 Å². The molecule has 0 aliphatic heterocycles. The van der Waals surface area contributed by atoms with E-state index in [2.05, 4.69) is 54.8 Å². The lowest BCUT2D eigenvalue weighted by molar-refractivity contribution is 1.14. The number of hydrogen-bond acceptors (Lipinski definition) is 1. The molecule has 0 aliphatic rings. The van der Waals surface area contributed by atoms with E-state index in [1.807, 2.05) is 6.08 Å². The number of hydrogen-bond donors (Lipinski definition) is 1. The zero-order valence-electron chi connectivity index (χ0n) is 13.4. The highest BCUT2D eigenvalue weighted by atomic mass is 15.1. The van der Waals surface area contributed by atoms with Gasteiger partial charge in [0.25, 0.3) is 0 Å². The molecule has 0 fully saturated rings. The maximum atomic E-state index is 4.45. The summed E-state index contributed by atoms with van der Waals surface area (Å²) in [6.07, 6.45) is 16.9. The Hall–Kier alpha value is -3.20. The van der Waals surface area contributed by atoms with Gasteiger partial charge in [0.05, 0.1) is 5.71 Å². The van der Waals surface area contributed by atoms with Gasteiger partial charge >= 0.3 is 0 Å². The van der Waals surface area contributed by atoms with Crippen LogP contribution in [0.3, 0.4) is 0 Å². The number of allylic oxidation sites excluding steroid dienone is 10. The Morgan fingerprint density at radius 3 is 2.00 bits per heavy atom. The third-order valence-electron chi connectivity index (χ3n) is 2.41. The van der Waals surface area contributed by atoms with Crippen molar-refractivity contribution in [2.45, 2.75) is 0 Å². The van der Waals surface area contributed by atoms with Crippen LogP contribution in [0.15, 0.2) is 122 Å². The van der Waals surface area contributed by atoms with Gasteiger partial charge in [-0.25, -0.2) is 9.98 Å². The highest BCUT2D eigenvalue weighted by Crippen LogP contribution is 2.04. The average molecular weight is 305 g/mol. The lowest BCUT2D eigenvalue weighted by Crippen LogP contribution is -2.21. The Bertz CT molecular complexity index is 623. The molecule has 0 unspecified atom stereocenters. The molecule has 0 aromatic heterocycles. The fourth-order valence-electron chi connectivity index (χ4n) is 1.47. The Labute approximate surface area is 139 Å². The molecule has 0 saturated heterocycles. The van der Waals surface area contributed by atoms with Crippen molar-refractivity contribution in [2.75, 3.05) is 0 Å². The third kappa shape index (κ3) is 7.97. The number of aliphatic imine (C=N–C) groups is 2. The number of guanidine groups is 1. The van der Waals surface area contributed by atoms with Gasteiger partial charge in [-0.1, -0.05) is 75.9 Å². The van der Waals surface area contributed by atoms with E-state index in [-0.39, 0.29) is 0 Å². The Kier molecular flexibility index (Phi) is 10.8. The molecular formula is C20H23N3. The van der Waals surface area contributed by atoms with E-state index in [0.717, 1.165) is 11.3 Å². The minimum absolute atomic E-state index is 0.355. The van der Waals surface area contributed by atoms with Crippen molar-refractivity contribution < 1.29 is 0 Å². The quantitative estimate of drug-likeness (QED) is 0.370. The molecule has 23 heavy (non-hydrogen) atoms. The molecule has 0 aromatic carbocycles. The first kappa shape index (κ1) is 19.8. The van der Waals surface area contributed by atoms with Crippen LogP contribution in [-0.2, 0) is 0 Å². The largest absolute Gasteiger partial charge is 0.324 e. The van der Waals surface area contributed by atoms with E-state index in [9.17, 15) is 0 Å². The van der Waals surface area contributed by atoms with Crippen molar-refractivity contribution in [3.05, 3.63) is 112 Å². The third-order valence-corrected chi connectivity index (χ3v) is 2.41. The molecule has 3 nitrogen and oxygen atoms in total. The van der Waals surface area contributed by atoms with Crippen molar-refractivity contribution in [2.24, 2.45) is 9.98 Å². The zero-order chi connectivity index (χ0) is 17.5. The summed E-state index contributed by atoms with van der Waals surface area (Å²) < 4.78 is 0. The van der Waals surface area contributed by atoms with Crippen LogP contribution in [0, 0.1) is 0 Å². The van der Waals surface area contributed by atoms with Crippen molar-refractivity contribution in [3.8, 4) is 0 Å². The molecule has 0 aromatic rings. The molecule has 118 valence electrons. The number of nitrogens with one attached hydrogen (secondary N) is 1. The van der Waals surface area contributed by atoms with Gasteiger partial charge in [-0.3, -0.25) is 0 Å². The second kappa shape index (κ2) is 12.5. The Morgan fingerprint density at radius 1 is 0.826 bits per heavy atom. The molecule has 0 rings (SSSR count). The first-order valence-corrected chi connectivity index (χ1v) is 6.91. The van der Waals surface area contributed by atoms with Crippen molar-refractivity contribution in [3.63, 3.8) is 0 Å². The van der Waals surface area contributed by atoms with Gasteiger partial charge in [-0.15, -0.1) is 0 Å². The number of nitrogens with zero attached hydrogens (tertiary/aromatic N) is 2. The molecule has 0 spiro atoms. The molecule has 0 radical (unpaired) electrons. The van der Waals surface area contributed by atoms with Crippen LogP contribution >= 0.6 is 0 Å². The van der Waals surface area contributed by atoms with Crippen LogP contribution in [-0.4, -0.2) is 11.7 Å². The molecule has 0 amide bonds. The van der Waals surface area contributed by atoms with Crippen LogP contribution in [0.1, 0.15) is 0 Å². The van der Waals surface area contributed by atoms with Crippen LogP contribution in [0.25, 0.3) is 0 Å². The van der Waals surface area contributed by atoms with E-state index >= 15 is 0 Å². The van der Waals surface area contributed by atoms with Crippen LogP contribution in [0.2, 0.25) is 0 Å². The van der Waals surface area contributed by atoms with Gasteiger partial charge in [0.2, 0.25) is 5.96 Å². The predicted octanol–water partition coefficient (Wildman–Crippen LogP) is 4.81. The topological polar surface area (TPSA) is 36.8 Å². The summed E-state index contributed by atoms with van der Waals surface area (Å²) in [7, 11) is 0. The lowest BCUT2D eigenvalue weighted by atomic mass is 10.1. The van der Waals surface area contributed by atoms with E-state index in [1.54, 1.807) is 48.6 Å². The summed E-state index contributed by atoms with van der Waals surface area (Å²) in [5.74, 6) is 0.355.